The van der Waals surface area contributed by atoms with Gasteiger partial charge in [-0.2, -0.15) is 0 Å². The highest BCUT2D eigenvalue weighted by Crippen LogP contribution is 2.34. The topological polar surface area (TPSA) is 46.6 Å². The zero-order valence-electron chi connectivity index (χ0n) is 14.3. The molecule has 2 aromatic carbocycles. The van der Waals surface area contributed by atoms with E-state index < -0.39 is 0 Å². The maximum atomic E-state index is 12.7. The van der Waals surface area contributed by atoms with E-state index in [9.17, 15) is 9.59 Å². The van der Waals surface area contributed by atoms with Gasteiger partial charge in [-0.25, -0.2) is 0 Å². The largest absolute Gasteiger partial charge is 0.483 e. The molecule has 1 saturated heterocycles. The average molecular weight is 365 g/mol. The third kappa shape index (κ3) is 3.10. The molecule has 1 amide bonds. The van der Waals surface area contributed by atoms with Gasteiger partial charge < -0.3 is 9.64 Å². The van der Waals surface area contributed by atoms with Gasteiger partial charge in [-0.05, 0) is 41.1 Å². The van der Waals surface area contributed by atoms with Crippen molar-refractivity contribution in [2.45, 2.75) is 18.9 Å². The lowest BCUT2D eigenvalue weighted by atomic mass is 10.0. The molecule has 0 spiro atoms. The fraction of sp³-hybridized carbons (Fsp3) is 0.238. The molecule has 1 aliphatic rings. The average Bonchev–Trinajstić information content (AvgIpc) is 3.36. The Morgan fingerprint density at radius 2 is 2.08 bits per heavy atom. The molecule has 0 saturated carbocycles. The summed E-state index contributed by atoms with van der Waals surface area (Å²) < 4.78 is 5.76. The van der Waals surface area contributed by atoms with Gasteiger partial charge in [-0.3, -0.25) is 9.59 Å². The zero-order chi connectivity index (χ0) is 17.9. The summed E-state index contributed by atoms with van der Waals surface area (Å²) in [4.78, 5) is 27.4. The van der Waals surface area contributed by atoms with Crippen LogP contribution in [0.3, 0.4) is 0 Å². The second kappa shape index (κ2) is 7.30. The van der Waals surface area contributed by atoms with Crippen LogP contribution in [-0.4, -0.2) is 30.2 Å². The van der Waals surface area contributed by atoms with Crippen molar-refractivity contribution in [1.82, 2.24) is 4.90 Å². The molecule has 132 valence electrons. The van der Waals surface area contributed by atoms with E-state index in [1.807, 2.05) is 46.7 Å². The molecule has 2 heterocycles. The molecule has 5 heteroatoms. The predicted octanol–water partition coefficient (Wildman–Crippen LogP) is 4.46. The van der Waals surface area contributed by atoms with E-state index in [2.05, 4.69) is 6.07 Å². The molecule has 1 aliphatic heterocycles. The summed E-state index contributed by atoms with van der Waals surface area (Å²) in [6.07, 6.45) is 2.79. The highest BCUT2D eigenvalue weighted by molar-refractivity contribution is 7.10. The Hall–Kier alpha value is -2.66. The third-order valence-electron chi connectivity index (χ3n) is 4.84. The molecule has 4 nitrogen and oxygen atoms in total. The molecular formula is C21H19NO3S. The van der Waals surface area contributed by atoms with Crippen molar-refractivity contribution in [1.29, 1.82) is 0 Å². The Labute approximate surface area is 156 Å². The molecule has 26 heavy (non-hydrogen) atoms. The van der Waals surface area contributed by atoms with Gasteiger partial charge in [-0.15, -0.1) is 11.3 Å². The minimum atomic E-state index is -0.0545. The van der Waals surface area contributed by atoms with Crippen molar-refractivity contribution < 1.29 is 14.3 Å². The van der Waals surface area contributed by atoms with E-state index in [0.717, 1.165) is 36.4 Å². The fourth-order valence-corrected chi connectivity index (χ4v) is 4.46. The van der Waals surface area contributed by atoms with Crippen LogP contribution in [0.2, 0.25) is 0 Å². The first kappa shape index (κ1) is 16.8. The van der Waals surface area contributed by atoms with E-state index >= 15 is 0 Å². The smallest absolute Gasteiger partial charge is 0.261 e. The normalized spacial score (nSPS) is 16.8. The summed E-state index contributed by atoms with van der Waals surface area (Å²) in [6.45, 7) is 0.698. The predicted molar refractivity (Wildman–Crippen MR) is 103 cm³/mol. The summed E-state index contributed by atoms with van der Waals surface area (Å²) in [6, 6.07) is 15.6. The highest BCUT2D eigenvalue weighted by atomic mass is 32.1. The maximum absolute atomic E-state index is 12.7. The first-order valence-electron chi connectivity index (χ1n) is 8.70. The maximum Gasteiger partial charge on any atom is 0.261 e. The minimum absolute atomic E-state index is 0.0362. The van der Waals surface area contributed by atoms with Gasteiger partial charge in [-0.1, -0.05) is 36.4 Å². The van der Waals surface area contributed by atoms with Crippen LogP contribution < -0.4 is 4.74 Å². The number of aldehydes is 1. The number of thiophene rings is 1. The van der Waals surface area contributed by atoms with Crippen LogP contribution in [0.15, 0.2) is 53.9 Å². The molecule has 1 fully saturated rings. The molecule has 0 aliphatic carbocycles. The monoisotopic (exact) mass is 365 g/mol. The van der Waals surface area contributed by atoms with E-state index in [0.29, 0.717) is 11.3 Å². The highest BCUT2D eigenvalue weighted by Gasteiger charge is 2.30. The molecular weight excluding hydrogens is 346 g/mol. The Bertz CT molecular complexity index is 936. The van der Waals surface area contributed by atoms with Gasteiger partial charge in [0.05, 0.1) is 11.6 Å². The van der Waals surface area contributed by atoms with Gasteiger partial charge in [0.2, 0.25) is 0 Å². The van der Waals surface area contributed by atoms with Crippen LogP contribution in [-0.2, 0) is 4.79 Å². The number of likely N-dealkylation sites (tertiary alicyclic amines) is 1. The van der Waals surface area contributed by atoms with Crippen LogP contribution in [0, 0.1) is 0 Å². The van der Waals surface area contributed by atoms with Gasteiger partial charge in [0, 0.05) is 11.4 Å². The zero-order valence-corrected chi connectivity index (χ0v) is 15.1. The van der Waals surface area contributed by atoms with Gasteiger partial charge in [0.1, 0.15) is 5.75 Å². The summed E-state index contributed by atoms with van der Waals surface area (Å²) in [5, 5.41) is 3.86. The SMILES string of the molecule is O=Cc1c(OCC(=O)N2CCCC2c2cccs2)ccc2ccccc12. The van der Waals surface area contributed by atoms with Crippen molar-refractivity contribution in [3.63, 3.8) is 0 Å². The summed E-state index contributed by atoms with van der Waals surface area (Å²) in [7, 11) is 0. The Morgan fingerprint density at radius 3 is 2.88 bits per heavy atom. The summed E-state index contributed by atoms with van der Waals surface area (Å²) in [5.41, 5.74) is 0.493. The van der Waals surface area contributed by atoms with Gasteiger partial charge in [0.25, 0.3) is 5.91 Å². The number of amides is 1. The number of carbonyl (C=O) groups is 2. The van der Waals surface area contributed by atoms with Crippen molar-refractivity contribution in [3.8, 4) is 5.75 Å². The van der Waals surface area contributed by atoms with Crippen LogP contribution >= 0.6 is 11.3 Å². The van der Waals surface area contributed by atoms with Crippen LogP contribution in [0.4, 0.5) is 0 Å². The molecule has 1 unspecified atom stereocenters. The number of rotatable bonds is 5. The molecule has 4 rings (SSSR count). The second-order valence-electron chi connectivity index (χ2n) is 6.37. The van der Waals surface area contributed by atoms with E-state index in [-0.39, 0.29) is 18.6 Å². The Balaban J connectivity index is 1.51. The lowest BCUT2D eigenvalue weighted by Crippen LogP contribution is -2.34. The minimum Gasteiger partial charge on any atom is -0.483 e. The van der Waals surface area contributed by atoms with Crippen molar-refractivity contribution in [2.75, 3.05) is 13.2 Å². The molecule has 1 atom stereocenters. The second-order valence-corrected chi connectivity index (χ2v) is 7.34. The summed E-state index contributed by atoms with van der Waals surface area (Å²) in [5.74, 6) is 0.421. The Morgan fingerprint density at radius 1 is 1.19 bits per heavy atom. The third-order valence-corrected chi connectivity index (χ3v) is 5.82. The number of nitrogens with zero attached hydrogens (tertiary/aromatic N) is 1. The lowest BCUT2D eigenvalue weighted by Gasteiger charge is -2.24. The number of carbonyl (C=O) groups excluding carboxylic acids is 2. The number of fused-ring (bicyclic) bond motifs is 1. The van der Waals surface area contributed by atoms with Gasteiger partial charge in [0.15, 0.2) is 12.9 Å². The lowest BCUT2D eigenvalue weighted by molar-refractivity contribution is -0.134. The van der Waals surface area contributed by atoms with Gasteiger partial charge >= 0.3 is 0 Å². The van der Waals surface area contributed by atoms with Crippen molar-refractivity contribution >= 4 is 34.3 Å². The first-order valence-corrected chi connectivity index (χ1v) is 9.58. The number of hydrogen-bond acceptors (Lipinski definition) is 4. The Kier molecular flexibility index (Phi) is 4.71. The van der Waals surface area contributed by atoms with Crippen LogP contribution in [0.5, 0.6) is 5.75 Å². The van der Waals surface area contributed by atoms with Crippen molar-refractivity contribution in [3.05, 3.63) is 64.4 Å². The van der Waals surface area contributed by atoms with E-state index in [1.165, 1.54) is 4.88 Å². The van der Waals surface area contributed by atoms with Crippen molar-refractivity contribution in [2.24, 2.45) is 0 Å². The van der Waals surface area contributed by atoms with E-state index in [1.54, 1.807) is 17.4 Å². The van der Waals surface area contributed by atoms with E-state index in [4.69, 9.17) is 4.74 Å². The number of hydrogen-bond donors (Lipinski definition) is 0. The number of ether oxygens (including phenoxy) is 1. The molecule has 0 N–H and O–H groups in total. The molecule has 3 aromatic rings. The molecule has 1 aromatic heterocycles. The number of benzene rings is 2. The fourth-order valence-electron chi connectivity index (χ4n) is 3.59. The quantitative estimate of drug-likeness (QED) is 0.627. The molecule has 0 bridgehead atoms. The van der Waals surface area contributed by atoms with Crippen LogP contribution in [0.25, 0.3) is 10.8 Å². The first-order chi connectivity index (χ1) is 12.8. The summed E-state index contributed by atoms with van der Waals surface area (Å²) >= 11 is 1.68. The standard InChI is InChI=1S/C21H19NO3S/c23-13-17-16-6-2-1-5-15(16)9-10-19(17)25-14-21(24)22-11-3-7-18(22)20-8-4-12-26-20/h1-2,4-6,8-10,12-13,18H,3,7,11,14H2. The van der Waals surface area contributed by atoms with Crippen LogP contribution in [0.1, 0.15) is 34.1 Å². The molecule has 0 radical (unpaired) electrons.